The molecule has 0 fully saturated rings. The minimum absolute atomic E-state index is 0.0632. The molecule has 0 amide bonds. The number of methoxy groups -OCH3 is 1. The number of benzene rings is 1. The summed E-state index contributed by atoms with van der Waals surface area (Å²) in [4.78, 5) is 26.7. The van der Waals surface area contributed by atoms with Crippen molar-refractivity contribution in [1.29, 1.82) is 0 Å². The predicted molar refractivity (Wildman–Crippen MR) is 118 cm³/mol. The molecule has 1 aliphatic heterocycles. The van der Waals surface area contributed by atoms with Crippen molar-refractivity contribution in [2.45, 2.75) is 66.2 Å². The van der Waals surface area contributed by atoms with Gasteiger partial charge in [0.15, 0.2) is 23.1 Å². The topological polar surface area (TPSA) is 61.8 Å². The molecule has 0 N–H and O–H groups in total. The Hall–Kier alpha value is -2.56. The molecular formula is C26H32O5. The number of carbonyl (C=O) groups is 2. The predicted octanol–water partition coefficient (Wildman–Crippen LogP) is 5.49. The quantitative estimate of drug-likeness (QED) is 0.639. The standard InChI is InChI=1S/C26H32O5/c1-7-30-18-9-8-15(10-19(18)29-6)22-23-16(27)11-25(2,3)13-20(23)31-21-14-26(4,5)12-17(28)24(21)22/h8-10,22H,7,11-14H2,1-6H3. The molecule has 2 aliphatic carbocycles. The summed E-state index contributed by atoms with van der Waals surface area (Å²) in [6.07, 6.45) is 2.26. The van der Waals surface area contributed by atoms with Gasteiger partial charge in [0.2, 0.25) is 0 Å². The highest BCUT2D eigenvalue weighted by atomic mass is 16.5. The number of hydrogen-bond acceptors (Lipinski definition) is 5. The summed E-state index contributed by atoms with van der Waals surface area (Å²) in [5, 5.41) is 0. The van der Waals surface area contributed by atoms with Crippen LogP contribution in [0, 0.1) is 10.8 Å². The molecule has 0 unspecified atom stereocenters. The van der Waals surface area contributed by atoms with Gasteiger partial charge in [0, 0.05) is 42.7 Å². The van der Waals surface area contributed by atoms with Crippen LogP contribution in [0.5, 0.6) is 11.5 Å². The van der Waals surface area contributed by atoms with Crippen LogP contribution < -0.4 is 9.47 Å². The lowest BCUT2D eigenvalue weighted by Gasteiger charge is -2.42. The SMILES string of the molecule is CCOc1ccc(C2C3=C(CC(C)(C)CC3=O)OC3=C2C(=O)CC(C)(C)C3)cc1OC. The zero-order valence-electron chi connectivity index (χ0n) is 19.4. The van der Waals surface area contributed by atoms with Crippen LogP contribution in [0.4, 0.5) is 0 Å². The first-order valence-corrected chi connectivity index (χ1v) is 11.1. The number of Topliss-reactive ketones (excluding diaryl/α,β-unsaturated/α-hetero) is 2. The van der Waals surface area contributed by atoms with Gasteiger partial charge in [0.1, 0.15) is 11.5 Å². The lowest BCUT2D eigenvalue weighted by Crippen LogP contribution is -2.37. The van der Waals surface area contributed by atoms with E-state index in [2.05, 4.69) is 27.7 Å². The molecule has 0 spiro atoms. The maximum atomic E-state index is 13.3. The van der Waals surface area contributed by atoms with E-state index in [1.54, 1.807) is 7.11 Å². The molecular weight excluding hydrogens is 392 g/mol. The lowest BCUT2D eigenvalue weighted by atomic mass is 9.65. The lowest BCUT2D eigenvalue weighted by molar-refractivity contribution is -0.120. The van der Waals surface area contributed by atoms with Gasteiger partial charge in [-0.05, 0) is 35.4 Å². The minimum atomic E-state index is -0.421. The molecule has 1 aromatic rings. The van der Waals surface area contributed by atoms with E-state index < -0.39 is 5.92 Å². The first-order chi connectivity index (χ1) is 14.5. The second kappa shape index (κ2) is 7.54. The second-order valence-electron chi connectivity index (χ2n) is 10.4. The van der Waals surface area contributed by atoms with Gasteiger partial charge in [-0.15, -0.1) is 0 Å². The average molecular weight is 425 g/mol. The molecule has 5 nitrogen and oxygen atoms in total. The summed E-state index contributed by atoms with van der Waals surface area (Å²) in [7, 11) is 1.60. The maximum absolute atomic E-state index is 13.3. The van der Waals surface area contributed by atoms with E-state index >= 15 is 0 Å². The van der Waals surface area contributed by atoms with Gasteiger partial charge in [-0.25, -0.2) is 0 Å². The monoisotopic (exact) mass is 424 g/mol. The second-order valence-corrected chi connectivity index (χ2v) is 10.4. The largest absolute Gasteiger partial charge is 0.493 e. The van der Waals surface area contributed by atoms with Crippen molar-refractivity contribution in [3.63, 3.8) is 0 Å². The molecule has 0 aromatic heterocycles. The normalized spacial score (nSPS) is 22.6. The van der Waals surface area contributed by atoms with Gasteiger partial charge in [0.25, 0.3) is 0 Å². The highest BCUT2D eigenvalue weighted by molar-refractivity contribution is 6.06. The van der Waals surface area contributed by atoms with Crippen molar-refractivity contribution >= 4 is 11.6 Å². The van der Waals surface area contributed by atoms with Crippen LogP contribution in [-0.4, -0.2) is 25.3 Å². The Labute approximate surface area is 184 Å². The molecule has 0 atom stereocenters. The van der Waals surface area contributed by atoms with Crippen LogP contribution in [0.1, 0.15) is 71.8 Å². The van der Waals surface area contributed by atoms with Crippen LogP contribution in [0.2, 0.25) is 0 Å². The van der Waals surface area contributed by atoms with Crippen LogP contribution in [0.25, 0.3) is 0 Å². The van der Waals surface area contributed by atoms with Crippen molar-refractivity contribution in [2.24, 2.45) is 10.8 Å². The smallest absolute Gasteiger partial charge is 0.163 e. The zero-order chi connectivity index (χ0) is 22.6. The number of ether oxygens (including phenoxy) is 3. The first kappa shape index (κ1) is 21.7. The Morgan fingerprint density at radius 1 is 0.903 bits per heavy atom. The van der Waals surface area contributed by atoms with Crippen LogP contribution in [0.3, 0.4) is 0 Å². The third kappa shape index (κ3) is 3.90. The maximum Gasteiger partial charge on any atom is 0.163 e. The minimum Gasteiger partial charge on any atom is -0.493 e. The Kier molecular flexibility index (Phi) is 5.27. The molecule has 1 aromatic carbocycles. The molecule has 3 aliphatic rings. The molecule has 0 saturated carbocycles. The van der Waals surface area contributed by atoms with Crippen LogP contribution in [-0.2, 0) is 14.3 Å². The van der Waals surface area contributed by atoms with Crippen molar-refractivity contribution < 1.29 is 23.8 Å². The van der Waals surface area contributed by atoms with Gasteiger partial charge in [0.05, 0.1) is 13.7 Å². The zero-order valence-corrected chi connectivity index (χ0v) is 19.4. The van der Waals surface area contributed by atoms with E-state index in [-0.39, 0.29) is 22.4 Å². The number of rotatable bonds is 4. The van der Waals surface area contributed by atoms with E-state index in [4.69, 9.17) is 14.2 Å². The van der Waals surface area contributed by atoms with E-state index in [9.17, 15) is 9.59 Å². The number of allylic oxidation sites excluding steroid dienone is 4. The molecule has 0 saturated heterocycles. The summed E-state index contributed by atoms with van der Waals surface area (Å²) in [5.74, 6) is 2.41. The van der Waals surface area contributed by atoms with E-state index in [0.717, 1.165) is 17.1 Å². The molecule has 4 rings (SSSR count). The fraction of sp³-hybridized carbons (Fsp3) is 0.538. The van der Waals surface area contributed by atoms with Gasteiger partial charge in [-0.2, -0.15) is 0 Å². The van der Waals surface area contributed by atoms with Crippen molar-refractivity contribution in [3.8, 4) is 11.5 Å². The Morgan fingerprint density at radius 2 is 1.45 bits per heavy atom. The summed E-state index contributed by atoms with van der Waals surface area (Å²) in [6.45, 7) is 10.8. The number of ketones is 2. The van der Waals surface area contributed by atoms with Gasteiger partial charge in [-0.3, -0.25) is 9.59 Å². The summed E-state index contributed by atoms with van der Waals surface area (Å²) in [5.41, 5.74) is 1.81. The van der Waals surface area contributed by atoms with Gasteiger partial charge < -0.3 is 14.2 Å². The van der Waals surface area contributed by atoms with Crippen molar-refractivity contribution in [1.82, 2.24) is 0 Å². The first-order valence-electron chi connectivity index (χ1n) is 11.1. The van der Waals surface area contributed by atoms with Gasteiger partial charge >= 0.3 is 0 Å². The summed E-state index contributed by atoms with van der Waals surface area (Å²) < 4.78 is 17.6. The molecule has 31 heavy (non-hydrogen) atoms. The van der Waals surface area contributed by atoms with Crippen molar-refractivity contribution in [3.05, 3.63) is 46.4 Å². The molecule has 1 heterocycles. The molecule has 0 bridgehead atoms. The van der Waals surface area contributed by atoms with Crippen molar-refractivity contribution in [2.75, 3.05) is 13.7 Å². The van der Waals surface area contributed by atoms with Gasteiger partial charge in [-0.1, -0.05) is 33.8 Å². The van der Waals surface area contributed by atoms with Crippen LogP contribution in [0.15, 0.2) is 40.9 Å². The Morgan fingerprint density at radius 3 is 1.94 bits per heavy atom. The third-order valence-electron chi connectivity index (χ3n) is 6.40. The Balaban J connectivity index is 1.90. The fourth-order valence-electron chi connectivity index (χ4n) is 5.15. The summed E-state index contributed by atoms with van der Waals surface area (Å²) >= 11 is 0. The van der Waals surface area contributed by atoms with E-state index in [0.29, 0.717) is 54.9 Å². The summed E-state index contributed by atoms with van der Waals surface area (Å²) in [6, 6.07) is 5.71. The molecule has 5 heteroatoms. The number of hydrogen-bond donors (Lipinski definition) is 0. The fourth-order valence-corrected chi connectivity index (χ4v) is 5.15. The molecule has 0 radical (unpaired) electrons. The Bertz CT molecular complexity index is 957. The van der Waals surface area contributed by atoms with E-state index in [1.165, 1.54) is 0 Å². The van der Waals surface area contributed by atoms with E-state index in [1.807, 2.05) is 25.1 Å². The highest BCUT2D eigenvalue weighted by Gasteiger charge is 2.47. The molecule has 166 valence electrons. The van der Waals surface area contributed by atoms with Crippen LogP contribution >= 0.6 is 0 Å². The highest BCUT2D eigenvalue weighted by Crippen LogP contribution is 2.53. The third-order valence-corrected chi connectivity index (χ3v) is 6.40. The number of carbonyl (C=O) groups excluding carboxylic acids is 2. The average Bonchev–Trinajstić information content (AvgIpc) is 2.65.